The predicted octanol–water partition coefficient (Wildman–Crippen LogP) is 1.75. The molecule has 1 saturated heterocycles. The molecule has 0 radical (unpaired) electrons. The number of nitrogens with zero attached hydrogens (tertiary/aromatic N) is 4. The molecule has 1 amide bonds. The van der Waals surface area contributed by atoms with E-state index in [4.69, 9.17) is 4.42 Å². The third kappa shape index (κ3) is 3.60. The Balaban J connectivity index is 1.41. The van der Waals surface area contributed by atoms with Crippen LogP contribution in [0.1, 0.15) is 12.2 Å². The van der Waals surface area contributed by atoms with Crippen molar-refractivity contribution in [2.24, 2.45) is 0 Å². The van der Waals surface area contributed by atoms with E-state index >= 15 is 0 Å². The average Bonchev–Trinajstić information content (AvgIpc) is 3.37. The number of furan rings is 1. The average molecular weight is 406 g/mol. The molecular formula is C17H18N4O4S2. The van der Waals surface area contributed by atoms with Crippen molar-refractivity contribution < 1.29 is 17.6 Å². The standard InChI is InChI=1S/C17H18N4O4S2/c22-16(7-6-13-3-2-12-25-13)20-8-10-21(11-9-20)27(23,24)15-5-1-4-14-17(15)19-26-18-14/h1-5,12H,6-11H2. The second kappa shape index (κ2) is 7.37. The lowest BCUT2D eigenvalue weighted by molar-refractivity contribution is -0.132. The molecule has 142 valence electrons. The summed E-state index contributed by atoms with van der Waals surface area (Å²) in [5.41, 5.74) is 0.979. The lowest BCUT2D eigenvalue weighted by Crippen LogP contribution is -2.50. The zero-order chi connectivity index (χ0) is 18.9. The molecule has 0 aliphatic carbocycles. The Kier molecular flexibility index (Phi) is 4.94. The molecule has 1 fully saturated rings. The molecule has 3 heterocycles. The number of fused-ring (bicyclic) bond motifs is 1. The first-order valence-electron chi connectivity index (χ1n) is 8.57. The van der Waals surface area contributed by atoms with E-state index in [-0.39, 0.29) is 23.9 Å². The molecule has 0 N–H and O–H groups in total. The van der Waals surface area contributed by atoms with Gasteiger partial charge in [0.1, 0.15) is 21.7 Å². The monoisotopic (exact) mass is 406 g/mol. The Labute approximate surface area is 160 Å². The zero-order valence-electron chi connectivity index (χ0n) is 14.4. The molecule has 27 heavy (non-hydrogen) atoms. The summed E-state index contributed by atoms with van der Waals surface area (Å²) >= 11 is 0.995. The number of carbonyl (C=O) groups excluding carboxylic acids is 1. The highest BCUT2D eigenvalue weighted by Crippen LogP contribution is 2.25. The lowest BCUT2D eigenvalue weighted by Gasteiger charge is -2.34. The maximum Gasteiger partial charge on any atom is 0.245 e. The second-order valence-electron chi connectivity index (χ2n) is 6.25. The van der Waals surface area contributed by atoms with Crippen LogP contribution in [0.15, 0.2) is 45.9 Å². The normalized spacial score (nSPS) is 16.1. The predicted molar refractivity (Wildman–Crippen MR) is 99.8 cm³/mol. The summed E-state index contributed by atoms with van der Waals surface area (Å²) in [4.78, 5) is 14.2. The van der Waals surface area contributed by atoms with Gasteiger partial charge in [0.25, 0.3) is 0 Å². The van der Waals surface area contributed by atoms with Crippen LogP contribution < -0.4 is 0 Å². The van der Waals surface area contributed by atoms with Gasteiger partial charge < -0.3 is 9.32 Å². The van der Waals surface area contributed by atoms with Crippen LogP contribution in [0.3, 0.4) is 0 Å². The van der Waals surface area contributed by atoms with Crippen LogP contribution in [0.25, 0.3) is 11.0 Å². The number of hydrogen-bond acceptors (Lipinski definition) is 7. The van der Waals surface area contributed by atoms with Crippen LogP contribution in [0, 0.1) is 0 Å². The Morgan fingerprint density at radius 1 is 1.11 bits per heavy atom. The smallest absolute Gasteiger partial charge is 0.245 e. The van der Waals surface area contributed by atoms with Crippen molar-refractivity contribution in [1.29, 1.82) is 0 Å². The van der Waals surface area contributed by atoms with E-state index in [1.165, 1.54) is 4.31 Å². The lowest BCUT2D eigenvalue weighted by atomic mass is 10.2. The van der Waals surface area contributed by atoms with Gasteiger partial charge in [0.15, 0.2) is 0 Å². The molecule has 0 saturated carbocycles. The van der Waals surface area contributed by atoms with Gasteiger partial charge in [0.2, 0.25) is 15.9 Å². The summed E-state index contributed by atoms with van der Waals surface area (Å²) in [6, 6.07) is 8.60. The fraction of sp³-hybridized carbons (Fsp3) is 0.353. The van der Waals surface area contributed by atoms with Gasteiger partial charge in [-0.25, -0.2) is 8.42 Å². The van der Waals surface area contributed by atoms with Crippen molar-refractivity contribution in [3.05, 3.63) is 42.4 Å². The highest BCUT2D eigenvalue weighted by molar-refractivity contribution is 7.89. The first-order chi connectivity index (χ1) is 13.1. The Hall–Kier alpha value is -2.30. The van der Waals surface area contributed by atoms with Gasteiger partial charge in [-0.2, -0.15) is 13.1 Å². The summed E-state index contributed by atoms with van der Waals surface area (Å²) in [7, 11) is -3.67. The number of sulfonamides is 1. The van der Waals surface area contributed by atoms with Crippen LogP contribution in [0.2, 0.25) is 0 Å². The molecule has 0 atom stereocenters. The third-order valence-electron chi connectivity index (χ3n) is 4.62. The van der Waals surface area contributed by atoms with Crippen LogP contribution >= 0.6 is 11.7 Å². The van der Waals surface area contributed by atoms with Gasteiger partial charge in [0.05, 0.1) is 18.0 Å². The molecule has 10 heteroatoms. The van der Waals surface area contributed by atoms with Crippen molar-refractivity contribution >= 4 is 38.7 Å². The molecular weight excluding hydrogens is 388 g/mol. The SMILES string of the molecule is O=C(CCc1ccco1)N1CCN(S(=O)(=O)c2cccc3nsnc23)CC1. The highest BCUT2D eigenvalue weighted by Gasteiger charge is 2.31. The number of rotatable bonds is 5. The largest absolute Gasteiger partial charge is 0.469 e. The molecule has 1 aromatic carbocycles. The quantitative estimate of drug-likeness (QED) is 0.640. The Morgan fingerprint density at radius 3 is 2.67 bits per heavy atom. The first kappa shape index (κ1) is 18.1. The van der Waals surface area contributed by atoms with Gasteiger partial charge in [-0.05, 0) is 24.3 Å². The summed E-state index contributed by atoms with van der Waals surface area (Å²) in [6.07, 6.45) is 2.48. The minimum absolute atomic E-state index is 0.00857. The summed E-state index contributed by atoms with van der Waals surface area (Å²) in [6.45, 7) is 1.29. The number of carbonyl (C=O) groups is 1. The topological polar surface area (TPSA) is 96.6 Å². The molecule has 0 unspecified atom stereocenters. The van der Waals surface area contributed by atoms with E-state index in [0.717, 1.165) is 17.5 Å². The molecule has 8 nitrogen and oxygen atoms in total. The number of benzene rings is 1. The van der Waals surface area contributed by atoms with Crippen molar-refractivity contribution in [3.8, 4) is 0 Å². The van der Waals surface area contributed by atoms with Crippen LogP contribution in [0.5, 0.6) is 0 Å². The molecule has 3 aromatic rings. The number of hydrogen-bond donors (Lipinski definition) is 0. The fourth-order valence-corrected chi connectivity index (χ4v) is 5.32. The molecule has 1 aliphatic rings. The summed E-state index contributed by atoms with van der Waals surface area (Å²) in [5.74, 6) is 0.781. The number of aromatic nitrogens is 2. The van der Waals surface area contributed by atoms with E-state index in [0.29, 0.717) is 37.0 Å². The molecule has 2 aromatic heterocycles. The first-order valence-corrected chi connectivity index (χ1v) is 10.7. The maximum atomic E-state index is 13.0. The van der Waals surface area contributed by atoms with Gasteiger partial charge in [-0.3, -0.25) is 4.79 Å². The van der Waals surface area contributed by atoms with Crippen molar-refractivity contribution in [2.45, 2.75) is 17.7 Å². The molecule has 4 rings (SSSR count). The fourth-order valence-electron chi connectivity index (χ4n) is 3.15. The number of aryl methyl sites for hydroxylation is 1. The van der Waals surface area contributed by atoms with E-state index in [2.05, 4.69) is 8.75 Å². The van der Waals surface area contributed by atoms with E-state index in [1.807, 2.05) is 6.07 Å². The second-order valence-corrected chi connectivity index (χ2v) is 8.69. The van der Waals surface area contributed by atoms with E-state index in [1.54, 1.807) is 35.4 Å². The van der Waals surface area contributed by atoms with Crippen LogP contribution in [0.4, 0.5) is 0 Å². The minimum atomic E-state index is -3.67. The van der Waals surface area contributed by atoms with Gasteiger partial charge in [-0.15, -0.1) is 0 Å². The van der Waals surface area contributed by atoms with Crippen LogP contribution in [-0.4, -0.2) is 58.5 Å². The molecule has 0 bridgehead atoms. The molecule has 1 aliphatic heterocycles. The highest BCUT2D eigenvalue weighted by atomic mass is 32.2. The third-order valence-corrected chi connectivity index (χ3v) is 7.10. The minimum Gasteiger partial charge on any atom is -0.469 e. The Bertz CT molecular complexity index is 1040. The van der Waals surface area contributed by atoms with E-state index < -0.39 is 10.0 Å². The number of amides is 1. The van der Waals surface area contributed by atoms with Gasteiger partial charge >= 0.3 is 0 Å². The molecule has 0 spiro atoms. The van der Waals surface area contributed by atoms with E-state index in [9.17, 15) is 13.2 Å². The number of piperazine rings is 1. The Morgan fingerprint density at radius 2 is 1.93 bits per heavy atom. The van der Waals surface area contributed by atoms with Gasteiger partial charge in [0, 0.05) is 39.0 Å². The summed E-state index contributed by atoms with van der Waals surface area (Å²) in [5, 5.41) is 0. The zero-order valence-corrected chi connectivity index (χ0v) is 16.1. The summed E-state index contributed by atoms with van der Waals surface area (Å²) < 4.78 is 40.9. The maximum absolute atomic E-state index is 13.0. The van der Waals surface area contributed by atoms with Crippen molar-refractivity contribution in [3.63, 3.8) is 0 Å². The van der Waals surface area contributed by atoms with Crippen LogP contribution in [-0.2, 0) is 21.2 Å². The van der Waals surface area contributed by atoms with Gasteiger partial charge in [-0.1, -0.05) is 6.07 Å². The van der Waals surface area contributed by atoms with Crippen molar-refractivity contribution in [1.82, 2.24) is 18.0 Å². The van der Waals surface area contributed by atoms with Crippen molar-refractivity contribution in [2.75, 3.05) is 26.2 Å².